The molecule has 0 aromatic rings. The summed E-state index contributed by atoms with van der Waals surface area (Å²) < 4.78 is 0. The van der Waals surface area contributed by atoms with Gasteiger partial charge in [-0.25, -0.2) is 9.59 Å². The van der Waals surface area contributed by atoms with E-state index in [1.807, 2.05) is 0 Å². The molecule has 7 heteroatoms. The zero-order chi connectivity index (χ0) is 13.1. The monoisotopic (exact) mass is 246 g/mol. The molecule has 0 aromatic carbocycles. The fourth-order valence-corrected chi connectivity index (χ4v) is 1.82. The van der Waals surface area contributed by atoms with Crippen LogP contribution in [0, 0.1) is 0 Å². The van der Waals surface area contributed by atoms with Crippen LogP contribution in [0.25, 0.3) is 0 Å². The molecule has 0 spiro atoms. The van der Waals surface area contributed by atoms with Crippen molar-refractivity contribution < 1.29 is 24.9 Å². The van der Waals surface area contributed by atoms with Crippen molar-refractivity contribution in [3.8, 4) is 0 Å². The fourth-order valence-electron chi connectivity index (χ4n) is 1.82. The molecular weight excluding hydrogens is 228 g/mol. The van der Waals surface area contributed by atoms with Gasteiger partial charge in [0.25, 0.3) is 0 Å². The fraction of sp³-hybridized carbons (Fsp3) is 0.800. The molecule has 0 radical (unpaired) electrons. The van der Waals surface area contributed by atoms with Gasteiger partial charge in [-0.2, -0.15) is 0 Å². The Balaban J connectivity index is 2.55. The number of amides is 2. The molecule has 1 saturated heterocycles. The van der Waals surface area contributed by atoms with E-state index in [0.29, 0.717) is 19.4 Å². The lowest BCUT2D eigenvalue weighted by atomic mass is 9.95. The van der Waals surface area contributed by atoms with Crippen LogP contribution in [0.3, 0.4) is 0 Å². The van der Waals surface area contributed by atoms with Crippen LogP contribution in [0.15, 0.2) is 0 Å². The number of carboxylic acid groups (broad SMARTS) is 1. The molecule has 0 saturated carbocycles. The molecule has 2 amide bonds. The van der Waals surface area contributed by atoms with Gasteiger partial charge in [0.1, 0.15) is 0 Å². The lowest BCUT2D eigenvalue weighted by Gasteiger charge is -2.37. The highest BCUT2D eigenvalue weighted by Crippen LogP contribution is 2.20. The van der Waals surface area contributed by atoms with Gasteiger partial charge < -0.3 is 25.5 Å². The minimum absolute atomic E-state index is 0.163. The maximum atomic E-state index is 11.7. The maximum absolute atomic E-state index is 11.7. The predicted molar refractivity (Wildman–Crippen MR) is 58.5 cm³/mol. The molecule has 1 fully saturated rings. The highest BCUT2D eigenvalue weighted by molar-refractivity contribution is 5.82. The summed E-state index contributed by atoms with van der Waals surface area (Å²) in [6.45, 7) is 1.61. The smallest absolute Gasteiger partial charge is 0.328 e. The van der Waals surface area contributed by atoms with Crippen molar-refractivity contribution >= 4 is 12.0 Å². The average molecular weight is 246 g/mol. The van der Waals surface area contributed by atoms with Crippen LogP contribution >= 0.6 is 0 Å². The number of carbonyl (C=O) groups is 2. The zero-order valence-corrected chi connectivity index (χ0v) is 9.72. The van der Waals surface area contributed by atoms with Crippen LogP contribution in [-0.4, -0.2) is 63.6 Å². The van der Waals surface area contributed by atoms with Crippen molar-refractivity contribution in [1.29, 1.82) is 0 Å². The lowest BCUT2D eigenvalue weighted by Crippen LogP contribution is -2.55. The van der Waals surface area contributed by atoms with Crippen molar-refractivity contribution in [3.05, 3.63) is 0 Å². The zero-order valence-electron chi connectivity index (χ0n) is 9.72. The molecule has 1 rings (SSSR count). The van der Waals surface area contributed by atoms with Crippen LogP contribution in [0.2, 0.25) is 0 Å². The van der Waals surface area contributed by atoms with Crippen molar-refractivity contribution in [2.24, 2.45) is 0 Å². The third-order valence-corrected chi connectivity index (χ3v) is 2.74. The Morgan fingerprint density at radius 3 is 2.65 bits per heavy atom. The first kappa shape index (κ1) is 13.7. The van der Waals surface area contributed by atoms with E-state index < -0.39 is 30.3 Å². The van der Waals surface area contributed by atoms with Gasteiger partial charge in [0.2, 0.25) is 0 Å². The van der Waals surface area contributed by atoms with Crippen molar-refractivity contribution in [3.63, 3.8) is 0 Å². The number of aliphatic hydroxyl groups is 2. The number of β-amino-alcohol motifs (C(OH)–C–C–N with tert-alkyl or cyclic N) is 1. The predicted octanol–water partition coefficient (Wildman–Crippen LogP) is -1.01. The second-order valence-corrected chi connectivity index (χ2v) is 4.54. The van der Waals surface area contributed by atoms with Crippen molar-refractivity contribution in [2.45, 2.75) is 31.4 Å². The van der Waals surface area contributed by atoms with E-state index in [1.165, 1.54) is 4.90 Å². The van der Waals surface area contributed by atoms with E-state index in [1.54, 1.807) is 6.92 Å². The van der Waals surface area contributed by atoms with E-state index in [0.717, 1.165) is 0 Å². The minimum atomic E-state index is -1.31. The van der Waals surface area contributed by atoms with E-state index >= 15 is 0 Å². The van der Waals surface area contributed by atoms with E-state index in [-0.39, 0.29) is 6.54 Å². The first-order valence-electron chi connectivity index (χ1n) is 5.47. The number of hydrogen-bond acceptors (Lipinski definition) is 4. The molecule has 1 aliphatic rings. The number of nitrogens with zero attached hydrogens (tertiary/aromatic N) is 1. The topological polar surface area (TPSA) is 110 Å². The molecule has 1 heterocycles. The van der Waals surface area contributed by atoms with Crippen LogP contribution < -0.4 is 5.32 Å². The molecule has 0 aliphatic carbocycles. The number of carboxylic acids is 1. The van der Waals surface area contributed by atoms with Crippen LogP contribution in [-0.2, 0) is 4.79 Å². The molecular formula is C10H18N2O5. The molecule has 1 unspecified atom stereocenters. The SMILES string of the molecule is CC1(O)CCCN(C(=O)N[C@@H](CO)C(=O)O)C1. The number of nitrogens with one attached hydrogen (secondary N) is 1. The number of rotatable bonds is 3. The van der Waals surface area contributed by atoms with Gasteiger partial charge in [0.15, 0.2) is 6.04 Å². The van der Waals surface area contributed by atoms with Gasteiger partial charge in [0.05, 0.1) is 18.8 Å². The molecule has 0 aromatic heterocycles. The van der Waals surface area contributed by atoms with Gasteiger partial charge in [-0.1, -0.05) is 0 Å². The summed E-state index contributed by atoms with van der Waals surface area (Å²) in [4.78, 5) is 23.7. The van der Waals surface area contributed by atoms with Gasteiger partial charge in [0, 0.05) is 6.54 Å². The second-order valence-electron chi connectivity index (χ2n) is 4.54. The Kier molecular flexibility index (Phi) is 4.30. The number of urea groups is 1. The Bertz CT molecular complexity index is 305. The van der Waals surface area contributed by atoms with Crippen LogP contribution in [0.5, 0.6) is 0 Å². The first-order chi connectivity index (χ1) is 7.85. The summed E-state index contributed by atoms with van der Waals surface area (Å²) in [7, 11) is 0. The Labute approximate surface area is 99.0 Å². The molecule has 4 N–H and O–H groups in total. The molecule has 17 heavy (non-hydrogen) atoms. The van der Waals surface area contributed by atoms with Crippen molar-refractivity contribution in [2.75, 3.05) is 19.7 Å². The molecule has 1 aliphatic heterocycles. The standard InChI is InChI=1S/C10H18N2O5/c1-10(17)3-2-4-12(6-10)9(16)11-7(5-13)8(14)15/h7,13,17H,2-6H2,1H3,(H,11,16)(H,14,15)/t7-,10?/m0/s1. The summed E-state index contributed by atoms with van der Waals surface area (Å²) in [5.41, 5.74) is -0.937. The second kappa shape index (κ2) is 5.33. The number of carbonyl (C=O) groups excluding carboxylic acids is 1. The van der Waals surface area contributed by atoms with Crippen LogP contribution in [0.1, 0.15) is 19.8 Å². The summed E-state index contributed by atoms with van der Waals surface area (Å²) in [6.07, 6.45) is 1.27. The molecule has 2 atom stereocenters. The third kappa shape index (κ3) is 3.86. The van der Waals surface area contributed by atoms with Gasteiger partial charge in [-0.05, 0) is 19.8 Å². The number of likely N-dealkylation sites (tertiary alicyclic amines) is 1. The summed E-state index contributed by atoms with van der Waals surface area (Å²) in [5.74, 6) is -1.29. The Morgan fingerprint density at radius 1 is 1.53 bits per heavy atom. The van der Waals surface area contributed by atoms with Gasteiger partial charge >= 0.3 is 12.0 Å². The quantitative estimate of drug-likeness (QED) is 0.510. The van der Waals surface area contributed by atoms with Crippen molar-refractivity contribution in [1.82, 2.24) is 10.2 Å². The Hall–Kier alpha value is -1.34. The summed E-state index contributed by atoms with van der Waals surface area (Å²) in [6, 6.07) is -1.89. The molecule has 98 valence electrons. The minimum Gasteiger partial charge on any atom is -0.480 e. The molecule has 0 bridgehead atoms. The Morgan fingerprint density at radius 2 is 2.18 bits per heavy atom. The lowest BCUT2D eigenvalue weighted by molar-refractivity contribution is -0.140. The first-order valence-corrected chi connectivity index (χ1v) is 5.47. The normalized spacial score (nSPS) is 26.4. The number of aliphatic hydroxyl groups excluding tert-OH is 1. The van der Waals surface area contributed by atoms with Gasteiger partial charge in [-0.3, -0.25) is 0 Å². The van der Waals surface area contributed by atoms with Gasteiger partial charge in [-0.15, -0.1) is 0 Å². The number of piperidine rings is 1. The summed E-state index contributed by atoms with van der Waals surface area (Å²) in [5, 5.41) is 29.5. The highest BCUT2D eigenvalue weighted by Gasteiger charge is 2.32. The van der Waals surface area contributed by atoms with E-state index in [4.69, 9.17) is 10.2 Å². The van der Waals surface area contributed by atoms with E-state index in [9.17, 15) is 14.7 Å². The highest BCUT2D eigenvalue weighted by atomic mass is 16.4. The summed E-state index contributed by atoms with van der Waals surface area (Å²) >= 11 is 0. The largest absolute Gasteiger partial charge is 0.480 e. The third-order valence-electron chi connectivity index (χ3n) is 2.74. The number of aliphatic carboxylic acids is 1. The number of hydrogen-bond donors (Lipinski definition) is 4. The van der Waals surface area contributed by atoms with Crippen LogP contribution in [0.4, 0.5) is 4.79 Å². The molecule has 7 nitrogen and oxygen atoms in total. The average Bonchev–Trinajstić information content (AvgIpc) is 2.23. The maximum Gasteiger partial charge on any atom is 0.328 e. The van der Waals surface area contributed by atoms with E-state index in [2.05, 4.69) is 5.32 Å².